The molecule has 0 radical (unpaired) electrons. The van der Waals surface area contributed by atoms with Crippen LogP contribution in [0.1, 0.15) is 27.4 Å². The molecule has 1 fully saturated rings. The third-order valence-corrected chi connectivity index (χ3v) is 4.38. The molecule has 7 heteroatoms. The SMILES string of the molecule is Cc1cccc(CNC(=O)c2cc(N3CCN(C=O)CC3)nc(C)n2)c1. The molecule has 1 aliphatic heterocycles. The normalized spacial score (nSPS) is 14.2. The largest absolute Gasteiger partial charge is 0.353 e. The number of aryl methyl sites for hydroxylation is 2. The molecule has 0 atom stereocenters. The summed E-state index contributed by atoms with van der Waals surface area (Å²) in [6.07, 6.45) is 0.868. The van der Waals surface area contributed by atoms with E-state index in [0.29, 0.717) is 44.2 Å². The quantitative estimate of drug-likeness (QED) is 0.820. The maximum absolute atomic E-state index is 12.5. The maximum atomic E-state index is 12.5. The minimum absolute atomic E-state index is 0.218. The molecule has 1 aromatic carbocycles. The predicted molar refractivity (Wildman–Crippen MR) is 99.0 cm³/mol. The molecule has 136 valence electrons. The van der Waals surface area contributed by atoms with Crippen LogP contribution in [0.2, 0.25) is 0 Å². The van der Waals surface area contributed by atoms with Gasteiger partial charge in [-0.2, -0.15) is 0 Å². The predicted octanol–water partition coefficient (Wildman–Crippen LogP) is 1.30. The summed E-state index contributed by atoms with van der Waals surface area (Å²) in [6.45, 7) is 6.96. The van der Waals surface area contributed by atoms with Gasteiger partial charge in [0.05, 0.1) is 0 Å². The molecule has 1 aromatic heterocycles. The fraction of sp³-hybridized carbons (Fsp3) is 0.368. The van der Waals surface area contributed by atoms with E-state index in [1.165, 1.54) is 0 Å². The van der Waals surface area contributed by atoms with Crippen molar-refractivity contribution in [2.45, 2.75) is 20.4 Å². The standard InChI is InChI=1S/C19H23N5O2/c1-14-4-3-5-16(10-14)12-20-19(26)17-11-18(22-15(2)21-17)24-8-6-23(13-25)7-9-24/h3-5,10-11,13H,6-9,12H2,1-2H3,(H,20,26). The summed E-state index contributed by atoms with van der Waals surface area (Å²) in [4.78, 5) is 35.9. The van der Waals surface area contributed by atoms with Crippen LogP contribution in [-0.2, 0) is 11.3 Å². The van der Waals surface area contributed by atoms with Crippen LogP contribution >= 0.6 is 0 Å². The molecule has 0 spiro atoms. The van der Waals surface area contributed by atoms with E-state index in [1.807, 2.05) is 31.2 Å². The molecule has 0 bridgehead atoms. The zero-order valence-corrected chi connectivity index (χ0v) is 15.1. The Morgan fingerprint density at radius 3 is 2.62 bits per heavy atom. The monoisotopic (exact) mass is 353 g/mol. The fourth-order valence-corrected chi connectivity index (χ4v) is 2.98. The molecule has 2 heterocycles. The number of nitrogens with zero attached hydrogens (tertiary/aromatic N) is 4. The van der Waals surface area contributed by atoms with Crippen molar-refractivity contribution in [1.82, 2.24) is 20.2 Å². The fourth-order valence-electron chi connectivity index (χ4n) is 2.98. The Morgan fingerprint density at radius 1 is 1.15 bits per heavy atom. The molecule has 0 aliphatic carbocycles. The van der Waals surface area contributed by atoms with E-state index in [1.54, 1.807) is 17.9 Å². The number of hydrogen-bond acceptors (Lipinski definition) is 5. The number of benzene rings is 1. The Morgan fingerprint density at radius 2 is 1.92 bits per heavy atom. The van der Waals surface area contributed by atoms with E-state index in [-0.39, 0.29) is 5.91 Å². The number of amides is 2. The van der Waals surface area contributed by atoms with Crippen LogP contribution in [0.3, 0.4) is 0 Å². The summed E-state index contributed by atoms with van der Waals surface area (Å²) in [7, 11) is 0. The van der Waals surface area contributed by atoms with E-state index >= 15 is 0 Å². The average Bonchev–Trinajstić information content (AvgIpc) is 2.65. The van der Waals surface area contributed by atoms with E-state index < -0.39 is 0 Å². The third kappa shape index (κ3) is 4.36. The van der Waals surface area contributed by atoms with Gasteiger partial charge in [-0.3, -0.25) is 9.59 Å². The van der Waals surface area contributed by atoms with Crippen molar-refractivity contribution in [3.05, 3.63) is 53.0 Å². The van der Waals surface area contributed by atoms with Gasteiger partial charge in [-0.05, 0) is 19.4 Å². The molecule has 26 heavy (non-hydrogen) atoms. The van der Waals surface area contributed by atoms with Crippen LogP contribution < -0.4 is 10.2 Å². The Labute approximate surface area is 153 Å². The van der Waals surface area contributed by atoms with Gasteiger partial charge in [0.25, 0.3) is 5.91 Å². The average molecular weight is 353 g/mol. The van der Waals surface area contributed by atoms with Crippen LogP contribution in [0.4, 0.5) is 5.82 Å². The summed E-state index contributed by atoms with van der Waals surface area (Å²) in [5.41, 5.74) is 2.57. The highest BCUT2D eigenvalue weighted by atomic mass is 16.2. The minimum atomic E-state index is -0.218. The van der Waals surface area contributed by atoms with Gasteiger partial charge in [0.15, 0.2) is 0 Å². The molecule has 0 unspecified atom stereocenters. The number of aromatic nitrogens is 2. The molecule has 1 N–H and O–H groups in total. The summed E-state index contributed by atoms with van der Waals surface area (Å²) in [5.74, 6) is 1.06. The molecule has 1 saturated heterocycles. The Kier molecular flexibility index (Phi) is 5.46. The lowest BCUT2D eigenvalue weighted by Crippen LogP contribution is -2.46. The van der Waals surface area contributed by atoms with Gasteiger partial charge >= 0.3 is 0 Å². The van der Waals surface area contributed by atoms with Crippen LogP contribution in [-0.4, -0.2) is 53.4 Å². The van der Waals surface area contributed by atoms with Gasteiger partial charge in [-0.25, -0.2) is 9.97 Å². The topological polar surface area (TPSA) is 78.4 Å². The summed E-state index contributed by atoms with van der Waals surface area (Å²) in [5, 5.41) is 2.91. The van der Waals surface area contributed by atoms with Gasteiger partial charge < -0.3 is 15.1 Å². The number of rotatable bonds is 5. The molecule has 2 aromatic rings. The number of carbonyl (C=O) groups excluding carboxylic acids is 2. The second kappa shape index (κ2) is 7.95. The third-order valence-electron chi connectivity index (χ3n) is 4.38. The van der Waals surface area contributed by atoms with E-state index in [9.17, 15) is 9.59 Å². The Hall–Kier alpha value is -2.96. The highest BCUT2D eigenvalue weighted by molar-refractivity contribution is 5.92. The van der Waals surface area contributed by atoms with Gasteiger partial charge in [0, 0.05) is 38.8 Å². The number of anilines is 1. The van der Waals surface area contributed by atoms with Crippen LogP contribution in [0, 0.1) is 13.8 Å². The first-order chi connectivity index (χ1) is 12.5. The number of nitrogens with one attached hydrogen (secondary N) is 1. The second-order valence-corrected chi connectivity index (χ2v) is 6.46. The first kappa shape index (κ1) is 17.8. The van der Waals surface area contributed by atoms with Crippen molar-refractivity contribution in [2.75, 3.05) is 31.1 Å². The van der Waals surface area contributed by atoms with Crippen LogP contribution in [0.15, 0.2) is 30.3 Å². The lowest BCUT2D eigenvalue weighted by atomic mass is 10.1. The summed E-state index contributed by atoms with van der Waals surface area (Å²) >= 11 is 0. The van der Waals surface area contributed by atoms with Gasteiger partial charge in [-0.15, -0.1) is 0 Å². The van der Waals surface area contributed by atoms with Crippen LogP contribution in [0.5, 0.6) is 0 Å². The van der Waals surface area contributed by atoms with Crippen molar-refractivity contribution in [2.24, 2.45) is 0 Å². The molecule has 2 amide bonds. The molecule has 7 nitrogen and oxygen atoms in total. The zero-order chi connectivity index (χ0) is 18.5. The summed E-state index contributed by atoms with van der Waals surface area (Å²) < 4.78 is 0. The van der Waals surface area contributed by atoms with E-state index in [0.717, 1.165) is 23.4 Å². The number of hydrogen-bond donors (Lipinski definition) is 1. The molecular weight excluding hydrogens is 330 g/mol. The Bertz CT molecular complexity index is 800. The summed E-state index contributed by atoms with van der Waals surface area (Å²) in [6, 6.07) is 9.74. The van der Waals surface area contributed by atoms with Gasteiger partial charge in [0.2, 0.25) is 6.41 Å². The lowest BCUT2D eigenvalue weighted by molar-refractivity contribution is -0.118. The maximum Gasteiger partial charge on any atom is 0.270 e. The molecule has 0 saturated carbocycles. The zero-order valence-electron chi connectivity index (χ0n) is 15.1. The Balaban J connectivity index is 1.68. The lowest BCUT2D eigenvalue weighted by Gasteiger charge is -2.33. The van der Waals surface area contributed by atoms with Crippen molar-refractivity contribution in [3.8, 4) is 0 Å². The van der Waals surface area contributed by atoms with Gasteiger partial charge in [-0.1, -0.05) is 29.8 Å². The highest BCUT2D eigenvalue weighted by Crippen LogP contribution is 2.15. The van der Waals surface area contributed by atoms with Crippen molar-refractivity contribution in [1.29, 1.82) is 0 Å². The number of piperazine rings is 1. The molecule has 1 aliphatic rings. The second-order valence-electron chi connectivity index (χ2n) is 6.46. The molecular formula is C19H23N5O2. The van der Waals surface area contributed by atoms with Crippen molar-refractivity contribution in [3.63, 3.8) is 0 Å². The minimum Gasteiger partial charge on any atom is -0.353 e. The van der Waals surface area contributed by atoms with Crippen LogP contribution in [0.25, 0.3) is 0 Å². The first-order valence-corrected chi connectivity index (χ1v) is 8.69. The van der Waals surface area contributed by atoms with E-state index in [4.69, 9.17) is 0 Å². The van der Waals surface area contributed by atoms with E-state index in [2.05, 4.69) is 20.2 Å². The smallest absolute Gasteiger partial charge is 0.270 e. The van der Waals surface area contributed by atoms with Crippen molar-refractivity contribution >= 4 is 18.1 Å². The van der Waals surface area contributed by atoms with Gasteiger partial charge in [0.1, 0.15) is 17.3 Å². The van der Waals surface area contributed by atoms with Crippen molar-refractivity contribution < 1.29 is 9.59 Å². The number of carbonyl (C=O) groups is 2. The first-order valence-electron chi connectivity index (χ1n) is 8.69. The highest BCUT2D eigenvalue weighted by Gasteiger charge is 2.19. The molecule has 3 rings (SSSR count).